The Morgan fingerprint density at radius 2 is 2.10 bits per heavy atom. The lowest BCUT2D eigenvalue weighted by Gasteiger charge is -2.10. The SMILES string of the molecule is CC([C]=O)CC(=O)N(C)C. The van der Waals surface area contributed by atoms with Crippen LogP contribution in [0.5, 0.6) is 0 Å². The van der Waals surface area contributed by atoms with Crippen molar-refractivity contribution in [1.29, 1.82) is 0 Å². The minimum absolute atomic E-state index is 0.0316. The first kappa shape index (κ1) is 9.14. The molecule has 0 heterocycles. The molecule has 0 saturated heterocycles. The van der Waals surface area contributed by atoms with Crippen molar-refractivity contribution >= 4 is 12.2 Å². The van der Waals surface area contributed by atoms with Gasteiger partial charge in [-0.05, 0) is 0 Å². The Morgan fingerprint density at radius 3 is 2.40 bits per heavy atom. The van der Waals surface area contributed by atoms with Gasteiger partial charge in [-0.1, -0.05) is 6.92 Å². The molecule has 1 unspecified atom stereocenters. The molecule has 0 aliphatic rings. The van der Waals surface area contributed by atoms with E-state index in [-0.39, 0.29) is 18.2 Å². The molecule has 0 bridgehead atoms. The molecule has 57 valence electrons. The largest absolute Gasteiger partial charge is 0.349 e. The Labute approximate surface area is 61.0 Å². The summed E-state index contributed by atoms with van der Waals surface area (Å²) in [5.41, 5.74) is 0. The Kier molecular flexibility index (Phi) is 3.69. The van der Waals surface area contributed by atoms with Gasteiger partial charge in [0, 0.05) is 26.4 Å². The molecule has 0 saturated carbocycles. The summed E-state index contributed by atoms with van der Waals surface area (Å²) in [6.07, 6.45) is 2.01. The van der Waals surface area contributed by atoms with Crippen LogP contribution < -0.4 is 0 Å². The molecule has 0 aromatic carbocycles. The maximum Gasteiger partial charge on any atom is 0.222 e. The van der Waals surface area contributed by atoms with E-state index in [4.69, 9.17) is 0 Å². The van der Waals surface area contributed by atoms with Crippen molar-refractivity contribution in [2.24, 2.45) is 5.92 Å². The van der Waals surface area contributed by atoms with E-state index in [0.29, 0.717) is 0 Å². The zero-order chi connectivity index (χ0) is 8.15. The minimum atomic E-state index is -0.283. The number of hydrogen-bond acceptors (Lipinski definition) is 2. The summed E-state index contributed by atoms with van der Waals surface area (Å²) in [5.74, 6) is -0.314. The van der Waals surface area contributed by atoms with Gasteiger partial charge in [-0.2, -0.15) is 0 Å². The molecule has 0 rings (SSSR count). The summed E-state index contributed by atoms with van der Waals surface area (Å²) in [5, 5.41) is 0. The summed E-state index contributed by atoms with van der Waals surface area (Å²) in [7, 11) is 3.33. The molecule has 0 N–H and O–H groups in total. The predicted octanol–water partition coefficient (Wildman–Crippen LogP) is 0.210. The molecule has 1 amide bonds. The van der Waals surface area contributed by atoms with Crippen LogP contribution in [0.4, 0.5) is 0 Å². The highest BCUT2D eigenvalue weighted by molar-refractivity contribution is 5.78. The monoisotopic (exact) mass is 142 g/mol. The van der Waals surface area contributed by atoms with Crippen LogP contribution in [0.1, 0.15) is 13.3 Å². The van der Waals surface area contributed by atoms with E-state index in [1.54, 1.807) is 27.3 Å². The van der Waals surface area contributed by atoms with Gasteiger partial charge >= 0.3 is 0 Å². The summed E-state index contributed by atoms with van der Waals surface area (Å²) in [6, 6.07) is 0. The highest BCUT2D eigenvalue weighted by Gasteiger charge is 2.09. The number of hydrogen-bond donors (Lipinski definition) is 0. The lowest BCUT2D eigenvalue weighted by molar-refractivity contribution is -0.129. The number of amides is 1. The van der Waals surface area contributed by atoms with E-state index in [1.807, 2.05) is 0 Å². The third-order valence-electron chi connectivity index (χ3n) is 1.18. The fourth-order valence-electron chi connectivity index (χ4n) is 0.486. The Morgan fingerprint density at radius 1 is 1.60 bits per heavy atom. The summed E-state index contributed by atoms with van der Waals surface area (Å²) in [4.78, 5) is 22.3. The van der Waals surface area contributed by atoms with Gasteiger partial charge in [0.1, 0.15) is 0 Å². The summed E-state index contributed by atoms with van der Waals surface area (Å²) in [6.45, 7) is 1.68. The molecule has 0 fully saturated rings. The Hall–Kier alpha value is -0.860. The van der Waals surface area contributed by atoms with Gasteiger partial charge in [0.15, 0.2) is 0 Å². The molecular formula is C7H12NO2. The maximum absolute atomic E-state index is 10.9. The fourth-order valence-corrected chi connectivity index (χ4v) is 0.486. The van der Waals surface area contributed by atoms with Crippen molar-refractivity contribution in [2.75, 3.05) is 14.1 Å². The standard InChI is InChI=1S/C7H12NO2/c1-6(5-9)4-7(10)8(2)3/h6H,4H2,1-3H3. The van der Waals surface area contributed by atoms with Gasteiger partial charge in [0.05, 0.1) is 0 Å². The van der Waals surface area contributed by atoms with Crippen molar-refractivity contribution < 1.29 is 9.59 Å². The van der Waals surface area contributed by atoms with E-state index < -0.39 is 0 Å². The van der Waals surface area contributed by atoms with Gasteiger partial charge in [-0.3, -0.25) is 9.59 Å². The molecule has 10 heavy (non-hydrogen) atoms. The quantitative estimate of drug-likeness (QED) is 0.565. The molecular weight excluding hydrogens is 130 g/mol. The van der Waals surface area contributed by atoms with Crippen LogP contribution in [0.2, 0.25) is 0 Å². The molecule has 0 aromatic rings. The van der Waals surface area contributed by atoms with Crippen molar-refractivity contribution in [1.82, 2.24) is 4.90 Å². The third-order valence-corrected chi connectivity index (χ3v) is 1.18. The summed E-state index contributed by atoms with van der Waals surface area (Å²) < 4.78 is 0. The van der Waals surface area contributed by atoms with Gasteiger partial charge < -0.3 is 4.90 Å². The van der Waals surface area contributed by atoms with E-state index in [1.165, 1.54) is 4.90 Å². The molecule has 1 radical (unpaired) electrons. The molecule has 0 aliphatic heterocycles. The average molecular weight is 142 g/mol. The smallest absolute Gasteiger partial charge is 0.222 e. The molecule has 0 spiro atoms. The highest BCUT2D eigenvalue weighted by Crippen LogP contribution is 1.98. The lowest BCUT2D eigenvalue weighted by atomic mass is 10.1. The van der Waals surface area contributed by atoms with Crippen LogP contribution in [-0.4, -0.2) is 31.2 Å². The fraction of sp³-hybridized carbons (Fsp3) is 0.714. The van der Waals surface area contributed by atoms with Crippen molar-refractivity contribution in [2.45, 2.75) is 13.3 Å². The van der Waals surface area contributed by atoms with Crippen LogP contribution in [0, 0.1) is 5.92 Å². The lowest BCUT2D eigenvalue weighted by Crippen LogP contribution is -2.23. The van der Waals surface area contributed by atoms with Crippen LogP contribution in [0.15, 0.2) is 0 Å². The molecule has 0 aromatic heterocycles. The van der Waals surface area contributed by atoms with Crippen molar-refractivity contribution in [3.8, 4) is 0 Å². The Bertz CT molecular complexity index is 132. The first-order valence-electron chi connectivity index (χ1n) is 3.15. The average Bonchev–Trinajstić information content (AvgIpc) is 1.87. The van der Waals surface area contributed by atoms with Gasteiger partial charge in [-0.15, -0.1) is 0 Å². The second kappa shape index (κ2) is 4.04. The summed E-state index contributed by atoms with van der Waals surface area (Å²) >= 11 is 0. The second-order valence-electron chi connectivity index (χ2n) is 2.51. The van der Waals surface area contributed by atoms with Crippen LogP contribution in [0.25, 0.3) is 0 Å². The number of nitrogens with zero attached hydrogens (tertiary/aromatic N) is 1. The van der Waals surface area contributed by atoms with E-state index >= 15 is 0 Å². The Balaban J connectivity index is 3.68. The van der Waals surface area contributed by atoms with Crippen LogP contribution >= 0.6 is 0 Å². The van der Waals surface area contributed by atoms with Gasteiger partial charge in [-0.25, -0.2) is 0 Å². The van der Waals surface area contributed by atoms with E-state index in [9.17, 15) is 9.59 Å². The topological polar surface area (TPSA) is 37.4 Å². The van der Waals surface area contributed by atoms with Crippen molar-refractivity contribution in [3.05, 3.63) is 0 Å². The first-order chi connectivity index (χ1) is 4.57. The minimum Gasteiger partial charge on any atom is -0.349 e. The number of rotatable bonds is 3. The number of carbonyl (C=O) groups is 1. The molecule has 3 nitrogen and oxygen atoms in total. The predicted molar refractivity (Wildman–Crippen MR) is 38.2 cm³/mol. The van der Waals surface area contributed by atoms with E-state index in [0.717, 1.165) is 0 Å². The maximum atomic E-state index is 10.9. The second-order valence-corrected chi connectivity index (χ2v) is 2.51. The van der Waals surface area contributed by atoms with Crippen molar-refractivity contribution in [3.63, 3.8) is 0 Å². The zero-order valence-electron chi connectivity index (χ0n) is 6.55. The van der Waals surface area contributed by atoms with Gasteiger partial charge in [0.2, 0.25) is 12.2 Å². The van der Waals surface area contributed by atoms with E-state index in [2.05, 4.69) is 0 Å². The third kappa shape index (κ3) is 3.22. The molecule has 3 heteroatoms. The zero-order valence-corrected chi connectivity index (χ0v) is 6.55. The normalized spacial score (nSPS) is 12.3. The van der Waals surface area contributed by atoms with Gasteiger partial charge in [0.25, 0.3) is 0 Å². The molecule has 0 aliphatic carbocycles. The first-order valence-corrected chi connectivity index (χ1v) is 3.15. The highest BCUT2D eigenvalue weighted by atomic mass is 16.2. The number of carbonyl (C=O) groups excluding carboxylic acids is 2. The van der Waals surface area contributed by atoms with Crippen LogP contribution in [-0.2, 0) is 9.59 Å². The van der Waals surface area contributed by atoms with Crippen LogP contribution in [0.3, 0.4) is 0 Å². The molecule has 1 atom stereocenters.